The van der Waals surface area contributed by atoms with E-state index >= 15 is 0 Å². The van der Waals surface area contributed by atoms with Crippen LogP contribution in [0.5, 0.6) is 0 Å². The zero-order valence-corrected chi connectivity index (χ0v) is 11.8. The van der Waals surface area contributed by atoms with Gasteiger partial charge in [-0.1, -0.05) is 11.6 Å². The van der Waals surface area contributed by atoms with E-state index in [1.165, 1.54) is 17.0 Å². The quantitative estimate of drug-likeness (QED) is 0.768. The highest BCUT2D eigenvalue weighted by Crippen LogP contribution is 2.08. The van der Waals surface area contributed by atoms with E-state index in [2.05, 4.69) is 10.2 Å². The summed E-state index contributed by atoms with van der Waals surface area (Å²) in [5.74, 6) is -0.835. The Bertz CT molecular complexity index is 448. The van der Waals surface area contributed by atoms with Gasteiger partial charge < -0.3 is 9.64 Å². The van der Waals surface area contributed by atoms with Gasteiger partial charge in [0.25, 0.3) is 5.91 Å². The van der Waals surface area contributed by atoms with Crippen molar-refractivity contribution in [1.82, 2.24) is 15.1 Å². The molecule has 1 rings (SSSR count). The second-order valence-electron chi connectivity index (χ2n) is 4.07. The predicted octanol–water partition coefficient (Wildman–Crippen LogP) is 1.54. The Morgan fingerprint density at radius 2 is 2.05 bits per heavy atom. The Morgan fingerprint density at radius 1 is 1.37 bits per heavy atom. The van der Waals surface area contributed by atoms with Crippen molar-refractivity contribution in [1.29, 1.82) is 0 Å². The first-order valence-corrected chi connectivity index (χ1v) is 6.29. The first kappa shape index (κ1) is 15.4. The number of rotatable bonds is 5. The van der Waals surface area contributed by atoms with Crippen LogP contribution in [0.1, 0.15) is 31.3 Å². The van der Waals surface area contributed by atoms with Crippen LogP contribution in [0.3, 0.4) is 0 Å². The summed E-state index contributed by atoms with van der Waals surface area (Å²) in [7, 11) is 0. The number of esters is 1. The van der Waals surface area contributed by atoms with Crippen LogP contribution >= 0.6 is 11.6 Å². The van der Waals surface area contributed by atoms with Gasteiger partial charge in [-0.25, -0.2) is 0 Å². The van der Waals surface area contributed by atoms with Crippen LogP contribution in [0.2, 0.25) is 5.15 Å². The maximum absolute atomic E-state index is 12.2. The van der Waals surface area contributed by atoms with E-state index in [9.17, 15) is 9.59 Å². The third kappa shape index (κ3) is 4.48. The van der Waals surface area contributed by atoms with Gasteiger partial charge in [0.1, 0.15) is 6.54 Å². The molecule has 0 aromatic carbocycles. The molecule has 104 valence electrons. The first-order valence-electron chi connectivity index (χ1n) is 5.91. The van der Waals surface area contributed by atoms with Crippen LogP contribution in [-0.4, -0.2) is 46.2 Å². The average molecular weight is 286 g/mol. The van der Waals surface area contributed by atoms with Crippen LogP contribution in [0.25, 0.3) is 0 Å². The topological polar surface area (TPSA) is 72.4 Å². The molecule has 1 aromatic heterocycles. The lowest BCUT2D eigenvalue weighted by Gasteiger charge is -2.25. The molecule has 0 aliphatic rings. The number of ether oxygens (including phenoxy) is 1. The molecule has 1 aromatic rings. The van der Waals surface area contributed by atoms with Crippen molar-refractivity contribution < 1.29 is 14.3 Å². The number of halogens is 1. The summed E-state index contributed by atoms with van der Waals surface area (Å²) in [6.07, 6.45) is 0. The second-order valence-corrected chi connectivity index (χ2v) is 4.46. The summed E-state index contributed by atoms with van der Waals surface area (Å²) >= 11 is 5.61. The number of hydrogen-bond donors (Lipinski definition) is 0. The molecule has 0 aliphatic heterocycles. The van der Waals surface area contributed by atoms with Crippen molar-refractivity contribution in [2.45, 2.75) is 26.8 Å². The largest absolute Gasteiger partial charge is 0.465 e. The normalized spacial score (nSPS) is 10.4. The first-order chi connectivity index (χ1) is 8.95. The molecule has 1 amide bonds. The zero-order valence-electron chi connectivity index (χ0n) is 11.1. The van der Waals surface area contributed by atoms with Crippen LogP contribution in [-0.2, 0) is 9.53 Å². The monoisotopic (exact) mass is 285 g/mol. The van der Waals surface area contributed by atoms with Gasteiger partial charge in [0.15, 0.2) is 10.8 Å². The third-order valence-corrected chi connectivity index (χ3v) is 2.54. The summed E-state index contributed by atoms with van der Waals surface area (Å²) < 4.78 is 4.84. The summed E-state index contributed by atoms with van der Waals surface area (Å²) in [5, 5.41) is 7.53. The van der Waals surface area contributed by atoms with Gasteiger partial charge in [0, 0.05) is 6.04 Å². The highest BCUT2D eigenvalue weighted by Gasteiger charge is 2.23. The van der Waals surface area contributed by atoms with Crippen molar-refractivity contribution in [3.8, 4) is 0 Å². The van der Waals surface area contributed by atoms with E-state index in [1.54, 1.807) is 20.8 Å². The minimum atomic E-state index is -0.452. The van der Waals surface area contributed by atoms with Crippen molar-refractivity contribution in [2.75, 3.05) is 13.2 Å². The molecule has 0 N–H and O–H groups in total. The van der Waals surface area contributed by atoms with E-state index in [1.807, 2.05) is 0 Å². The number of nitrogens with zero attached hydrogens (tertiary/aromatic N) is 3. The van der Waals surface area contributed by atoms with Gasteiger partial charge in [-0.05, 0) is 32.9 Å². The molecule has 0 aliphatic carbocycles. The fourth-order valence-corrected chi connectivity index (χ4v) is 1.51. The Labute approximate surface area is 116 Å². The van der Waals surface area contributed by atoms with Crippen LogP contribution < -0.4 is 0 Å². The summed E-state index contributed by atoms with van der Waals surface area (Å²) in [6, 6.07) is 2.79. The Kier molecular flexibility index (Phi) is 5.69. The number of aromatic nitrogens is 2. The second kappa shape index (κ2) is 7.04. The minimum Gasteiger partial charge on any atom is -0.465 e. The van der Waals surface area contributed by atoms with Gasteiger partial charge in [0.2, 0.25) is 0 Å². The number of carbonyl (C=O) groups excluding carboxylic acids is 2. The standard InChI is InChI=1S/C12H16ClN3O3/c1-4-19-11(17)7-16(8(2)3)12(18)9-5-6-10(13)15-14-9/h5-6,8H,4,7H2,1-3H3. The lowest BCUT2D eigenvalue weighted by atomic mass is 10.2. The average Bonchev–Trinajstić information content (AvgIpc) is 2.36. The molecule has 0 atom stereocenters. The predicted molar refractivity (Wildman–Crippen MR) is 69.8 cm³/mol. The van der Waals surface area contributed by atoms with Gasteiger partial charge in [-0.3, -0.25) is 9.59 Å². The van der Waals surface area contributed by atoms with Gasteiger partial charge in [0.05, 0.1) is 6.61 Å². The summed E-state index contributed by atoms with van der Waals surface area (Å²) in [6.45, 7) is 5.49. The molecule has 0 radical (unpaired) electrons. The fourth-order valence-electron chi connectivity index (χ4n) is 1.41. The summed E-state index contributed by atoms with van der Waals surface area (Å²) in [4.78, 5) is 25.1. The number of hydrogen-bond acceptors (Lipinski definition) is 5. The molecule has 0 spiro atoms. The highest BCUT2D eigenvalue weighted by molar-refractivity contribution is 6.29. The molecule has 0 unspecified atom stereocenters. The third-order valence-electron chi connectivity index (χ3n) is 2.34. The Hall–Kier alpha value is -1.69. The van der Waals surface area contributed by atoms with Crippen LogP contribution in [0, 0.1) is 0 Å². The van der Waals surface area contributed by atoms with Crippen LogP contribution in [0.4, 0.5) is 0 Å². The van der Waals surface area contributed by atoms with Crippen molar-refractivity contribution >= 4 is 23.5 Å². The summed E-state index contributed by atoms with van der Waals surface area (Å²) in [5.41, 5.74) is 0.141. The molecule has 0 fully saturated rings. The van der Waals surface area contributed by atoms with E-state index in [0.29, 0.717) is 0 Å². The number of amides is 1. The van der Waals surface area contributed by atoms with Gasteiger partial charge in [-0.2, -0.15) is 0 Å². The van der Waals surface area contributed by atoms with E-state index in [0.717, 1.165) is 0 Å². The van der Waals surface area contributed by atoms with Crippen molar-refractivity contribution in [3.63, 3.8) is 0 Å². The molecule has 0 saturated carbocycles. The Balaban J connectivity index is 2.84. The highest BCUT2D eigenvalue weighted by atomic mass is 35.5. The molecule has 6 nitrogen and oxygen atoms in total. The molecule has 1 heterocycles. The smallest absolute Gasteiger partial charge is 0.325 e. The maximum Gasteiger partial charge on any atom is 0.325 e. The van der Waals surface area contributed by atoms with Crippen molar-refractivity contribution in [3.05, 3.63) is 23.0 Å². The molecule has 7 heteroatoms. The van der Waals surface area contributed by atoms with E-state index in [4.69, 9.17) is 16.3 Å². The van der Waals surface area contributed by atoms with Gasteiger partial charge >= 0.3 is 5.97 Å². The molecule has 19 heavy (non-hydrogen) atoms. The van der Waals surface area contributed by atoms with E-state index < -0.39 is 5.97 Å². The van der Waals surface area contributed by atoms with Crippen molar-refractivity contribution in [2.24, 2.45) is 0 Å². The Morgan fingerprint density at radius 3 is 2.53 bits per heavy atom. The van der Waals surface area contributed by atoms with Crippen LogP contribution in [0.15, 0.2) is 12.1 Å². The lowest BCUT2D eigenvalue weighted by Crippen LogP contribution is -2.41. The van der Waals surface area contributed by atoms with E-state index in [-0.39, 0.29) is 35.9 Å². The van der Waals surface area contributed by atoms with Gasteiger partial charge in [-0.15, -0.1) is 10.2 Å². The molecule has 0 bridgehead atoms. The fraction of sp³-hybridized carbons (Fsp3) is 0.500. The number of carbonyl (C=O) groups is 2. The molecule has 0 saturated heterocycles. The lowest BCUT2D eigenvalue weighted by molar-refractivity contribution is -0.144. The molecular weight excluding hydrogens is 270 g/mol. The maximum atomic E-state index is 12.2. The zero-order chi connectivity index (χ0) is 14.4. The SMILES string of the molecule is CCOC(=O)CN(C(=O)c1ccc(Cl)nn1)C(C)C. The molecular formula is C12H16ClN3O3. The minimum absolute atomic E-state index is 0.116.